The van der Waals surface area contributed by atoms with Crippen molar-refractivity contribution in [2.24, 2.45) is 5.92 Å². The molecule has 0 aliphatic carbocycles. The molecule has 0 spiro atoms. The number of hydrogen-bond donors (Lipinski definition) is 0. The van der Waals surface area contributed by atoms with Crippen molar-refractivity contribution in [3.8, 4) is 5.88 Å². The summed E-state index contributed by atoms with van der Waals surface area (Å²) in [6, 6.07) is 1.79. The molecule has 3 aromatic rings. The fraction of sp³-hybridized carbons (Fsp3) is 0.533. The number of rotatable bonds is 6. The van der Waals surface area contributed by atoms with Gasteiger partial charge in [-0.15, -0.1) is 5.10 Å². The number of aromatic nitrogens is 7. The second-order valence-corrected chi connectivity index (χ2v) is 6.01. The summed E-state index contributed by atoms with van der Waals surface area (Å²) in [5.74, 6) is 3.80. The zero-order valence-corrected chi connectivity index (χ0v) is 13.5. The molecule has 0 N–H and O–H groups in total. The van der Waals surface area contributed by atoms with Crippen LogP contribution in [-0.4, -0.2) is 42.0 Å². The van der Waals surface area contributed by atoms with Crippen LogP contribution >= 0.6 is 0 Å². The minimum Gasteiger partial charge on any atom is -0.479 e. The van der Waals surface area contributed by atoms with Gasteiger partial charge in [0.2, 0.25) is 0 Å². The summed E-state index contributed by atoms with van der Waals surface area (Å²) in [6.07, 6.45) is 7.41. The van der Waals surface area contributed by atoms with Gasteiger partial charge in [0.25, 0.3) is 5.88 Å². The number of methoxy groups -OCH3 is 1. The third kappa shape index (κ3) is 3.01. The molecular formula is C15H19N7O2. The van der Waals surface area contributed by atoms with Crippen molar-refractivity contribution in [3.63, 3.8) is 0 Å². The average Bonchev–Trinajstić information content (AvgIpc) is 3.33. The van der Waals surface area contributed by atoms with Gasteiger partial charge in [-0.25, -0.2) is 9.67 Å². The highest BCUT2D eigenvalue weighted by molar-refractivity contribution is 5.11. The molecule has 0 aromatic carbocycles. The summed E-state index contributed by atoms with van der Waals surface area (Å²) in [7, 11) is 1.57. The Kier molecular flexibility index (Phi) is 3.97. The van der Waals surface area contributed by atoms with E-state index in [0.29, 0.717) is 24.6 Å². The molecule has 0 saturated carbocycles. The van der Waals surface area contributed by atoms with E-state index >= 15 is 0 Å². The molecule has 3 aromatic heterocycles. The Hall–Kier alpha value is -2.71. The predicted molar refractivity (Wildman–Crippen MR) is 82.3 cm³/mol. The molecule has 9 nitrogen and oxygen atoms in total. The number of fused-ring (bicyclic) bond motifs is 1. The second kappa shape index (κ2) is 6.42. The second-order valence-electron chi connectivity index (χ2n) is 6.01. The van der Waals surface area contributed by atoms with Gasteiger partial charge in [-0.2, -0.15) is 0 Å². The highest BCUT2D eigenvalue weighted by Crippen LogP contribution is 2.20. The predicted octanol–water partition coefficient (Wildman–Crippen LogP) is 0.914. The zero-order valence-electron chi connectivity index (χ0n) is 13.5. The standard InChI is InChI=1S/C15H19N7O2/c1-23-15-8-12(24-18-15)3-5-14-17-19-20-22(14)10-11-2-4-13-16-6-7-21(13)9-11/h6-8,11H,2-5,9-10H2,1H3. The van der Waals surface area contributed by atoms with E-state index in [1.807, 2.05) is 17.1 Å². The van der Waals surface area contributed by atoms with Crippen LogP contribution in [0.1, 0.15) is 23.8 Å². The molecule has 0 bridgehead atoms. The molecule has 4 heterocycles. The first-order valence-corrected chi connectivity index (χ1v) is 8.06. The molecule has 1 atom stereocenters. The normalized spacial score (nSPS) is 17.0. The summed E-state index contributed by atoms with van der Waals surface area (Å²) in [5, 5.41) is 15.9. The number of hydrogen-bond acceptors (Lipinski definition) is 7. The summed E-state index contributed by atoms with van der Waals surface area (Å²) in [6.45, 7) is 1.79. The molecule has 126 valence electrons. The van der Waals surface area contributed by atoms with E-state index in [4.69, 9.17) is 9.26 Å². The van der Waals surface area contributed by atoms with Crippen molar-refractivity contribution < 1.29 is 9.26 Å². The lowest BCUT2D eigenvalue weighted by molar-refractivity contribution is 0.304. The molecule has 0 amide bonds. The monoisotopic (exact) mass is 329 g/mol. The molecule has 9 heteroatoms. The van der Waals surface area contributed by atoms with Crippen molar-refractivity contribution in [1.29, 1.82) is 0 Å². The van der Waals surface area contributed by atoms with Gasteiger partial charge in [-0.3, -0.25) is 0 Å². The molecule has 0 fully saturated rings. The Morgan fingerprint density at radius 3 is 3.21 bits per heavy atom. The van der Waals surface area contributed by atoms with Crippen LogP contribution in [0.5, 0.6) is 5.88 Å². The highest BCUT2D eigenvalue weighted by Gasteiger charge is 2.21. The third-order valence-electron chi connectivity index (χ3n) is 4.41. The quantitative estimate of drug-likeness (QED) is 0.663. The van der Waals surface area contributed by atoms with Gasteiger partial charge in [0.15, 0.2) is 5.82 Å². The lowest BCUT2D eigenvalue weighted by Crippen LogP contribution is -2.25. The van der Waals surface area contributed by atoms with E-state index < -0.39 is 0 Å². The number of aryl methyl sites for hydroxylation is 3. The maximum Gasteiger partial charge on any atom is 0.254 e. The molecule has 24 heavy (non-hydrogen) atoms. The minimum absolute atomic E-state index is 0.489. The molecule has 1 aliphatic rings. The van der Waals surface area contributed by atoms with E-state index in [1.165, 1.54) is 5.82 Å². The molecular weight excluding hydrogens is 310 g/mol. The molecule has 0 radical (unpaired) electrons. The molecule has 4 rings (SSSR count). The van der Waals surface area contributed by atoms with E-state index in [1.54, 1.807) is 13.2 Å². The van der Waals surface area contributed by atoms with Gasteiger partial charge in [-0.05, 0) is 27.9 Å². The van der Waals surface area contributed by atoms with Crippen LogP contribution in [0.25, 0.3) is 0 Å². The number of tetrazole rings is 1. The first kappa shape index (κ1) is 14.9. The summed E-state index contributed by atoms with van der Waals surface area (Å²) in [4.78, 5) is 4.37. The van der Waals surface area contributed by atoms with Crippen molar-refractivity contribution in [2.45, 2.75) is 38.8 Å². The number of imidazole rings is 1. The van der Waals surface area contributed by atoms with E-state index in [-0.39, 0.29) is 0 Å². The largest absolute Gasteiger partial charge is 0.479 e. The maximum atomic E-state index is 5.21. The van der Waals surface area contributed by atoms with Crippen molar-refractivity contribution in [3.05, 3.63) is 35.9 Å². The smallest absolute Gasteiger partial charge is 0.254 e. The third-order valence-corrected chi connectivity index (χ3v) is 4.41. The fourth-order valence-corrected chi connectivity index (χ4v) is 3.12. The van der Waals surface area contributed by atoms with Crippen molar-refractivity contribution in [1.82, 2.24) is 34.9 Å². The van der Waals surface area contributed by atoms with Crippen molar-refractivity contribution in [2.75, 3.05) is 7.11 Å². The van der Waals surface area contributed by atoms with Crippen LogP contribution in [-0.2, 0) is 32.4 Å². The highest BCUT2D eigenvalue weighted by atomic mass is 16.5. The summed E-state index contributed by atoms with van der Waals surface area (Å²) >= 11 is 0. The van der Waals surface area contributed by atoms with Crippen LogP contribution in [0.3, 0.4) is 0 Å². The van der Waals surface area contributed by atoms with Gasteiger partial charge in [0.05, 0.1) is 7.11 Å². The topological polar surface area (TPSA) is 96.7 Å². The molecule has 1 aliphatic heterocycles. The van der Waals surface area contributed by atoms with Crippen molar-refractivity contribution >= 4 is 0 Å². The molecule has 0 saturated heterocycles. The molecule has 1 unspecified atom stereocenters. The Labute approximate surface area is 138 Å². The van der Waals surface area contributed by atoms with Crippen LogP contribution in [0, 0.1) is 5.92 Å². The van der Waals surface area contributed by atoms with Gasteiger partial charge < -0.3 is 13.8 Å². The van der Waals surface area contributed by atoms with Gasteiger partial charge >= 0.3 is 0 Å². The van der Waals surface area contributed by atoms with Gasteiger partial charge in [0.1, 0.15) is 11.6 Å². The Morgan fingerprint density at radius 1 is 1.38 bits per heavy atom. The van der Waals surface area contributed by atoms with Crippen LogP contribution in [0.4, 0.5) is 0 Å². The van der Waals surface area contributed by atoms with Crippen LogP contribution < -0.4 is 4.74 Å². The van der Waals surface area contributed by atoms with Gasteiger partial charge in [-0.1, -0.05) is 0 Å². The van der Waals surface area contributed by atoms with E-state index in [2.05, 4.69) is 30.2 Å². The van der Waals surface area contributed by atoms with E-state index in [9.17, 15) is 0 Å². The number of ether oxygens (including phenoxy) is 1. The SMILES string of the molecule is COc1cc(CCc2nnnn2CC2CCc3nccn3C2)on1. The number of nitrogens with zero attached hydrogens (tertiary/aromatic N) is 7. The average molecular weight is 329 g/mol. The van der Waals surface area contributed by atoms with E-state index in [0.717, 1.165) is 37.5 Å². The maximum absolute atomic E-state index is 5.21. The lowest BCUT2D eigenvalue weighted by atomic mass is 9.99. The first-order valence-electron chi connectivity index (χ1n) is 8.06. The fourth-order valence-electron chi connectivity index (χ4n) is 3.12. The Balaban J connectivity index is 1.38. The first-order chi connectivity index (χ1) is 11.8. The Morgan fingerprint density at radius 2 is 2.33 bits per heavy atom. The Bertz CT molecular complexity index is 806. The minimum atomic E-state index is 0.489. The summed E-state index contributed by atoms with van der Waals surface area (Å²) in [5.41, 5.74) is 0. The van der Waals surface area contributed by atoms with Crippen LogP contribution in [0.2, 0.25) is 0 Å². The van der Waals surface area contributed by atoms with Gasteiger partial charge in [0, 0.05) is 50.8 Å². The zero-order chi connectivity index (χ0) is 16.4. The summed E-state index contributed by atoms with van der Waals surface area (Å²) < 4.78 is 14.4. The van der Waals surface area contributed by atoms with Crippen LogP contribution in [0.15, 0.2) is 23.0 Å². The lowest BCUT2D eigenvalue weighted by Gasteiger charge is -2.23.